The summed E-state index contributed by atoms with van der Waals surface area (Å²) in [4.78, 5) is 14.2. The fourth-order valence-corrected chi connectivity index (χ4v) is 3.13. The van der Waals surface area contributed by atoms with Crippen molar-refractivity contribution in [2.45, 2.75) is 24.9 Å². The third-order valence-electron chi connectivity index (χ3n) is 4.52. The summed E-state index contributed by atoms with van der Waals surface area (Å²) < 4.78 is 0. The number of benzene rings is 2. The molecule has 120 valence electrons. The second kappa shape index (κ2) is 6.84. The zero-order chi connectivity index (χ0) is 16.2. The fraction of sp³-hybridized carbons (Fsp3) is 0.316. The van der Waals surface area contributed by atoms with E-state index in [9.17, 15) is 15.0 Å². The Bertz CT molecular complexity index is 646. The molecule has 2 aromatic rings. The molecule has 23 heavy (non-hydrogen) atoms. The van der Waals surface area contributed by atoms with Crippen molar-refractivity contribution in [1.29, 1.82) is 0 Å². The van der Waals surface area contributed by atoms with Gasteiger partial charge in [-0.15, -0.1) is 0 Å². The highest BCUT2D eigenvalue weighted by Gasteiger charge is 2.28. The van der Waals surface area contributed by atoms with Gasteiger partial charge < -0.3 is 15.1 Å². The Hall–Kier alpha value is -2.33. The number of hydrogen-bond donors (Lipinski definition) is 2. The zero-order valence-electron chi connectivity index (χ0n) is 12.9. The number of phenolic OH excluding ortho intramolecular Hbond substituents is 1. The van der Waals surface area contributed by atoms with Gasteiger partial charge in [0.05, 0.1) is 0 Å². The maximum Gasteiger partial charge on any atom is 0.256 e. The molecule has 1 fully saturated rings. The molecule has 0 radical (unpaired) electrons. The normalized spacial score (nSPS) is 17.0. The van der Waals surface area contributed by atoms with E-state index >= 15 is 0 Å². The molecule has 0 bridgehead atoms. The first-order valence-corrected chi connectivity index (χ1v) is 7.96. The molecule has 0 spiro atoms. The lowest BCUT2D eigenvalue weighted by Gasteiger charge is -2.33. The van der Waals surface area contributed by atoms with Gasteiger partial charge in [0.1, 0.15) is 5.75 Å². The van der Waals surface area contributed by atoms with Gasteiger partial charge in [-0.25, -0.2) is 0 Å². The number of amides is 1. The number of carbonyl (C=O) groups is 1. The molecule has 1 heterocycles. The van der Waals surface area contributed by atoms with E-state index < -0.39 is 6.10 Å². The summed E-state index contributed by atoms with van der Waals surface area (Å²) in [6.45, 7) is 1.29. The highest BCUT2D eigenvalue weighted by Crippen LogP contribution is 2.30. The predicted octanol–water partition coefficient (Wildman–Crippen LogP) is 2.83. The van der Waals surface area contributed by atoms with E-state index in [-0.39, 0.29) is 11.7 Å². The minimum atomic E-state index is -1.08. The van der Waals surface area contributed by atoms with Crippen LogP contribution in [0.4, 0.5) is 0 Å². The van der Waals surface area contributed by atoms with Gasteiger partial charge in [-0.05, 0) is 42.0 Å². The van der Waals surface area contributed by atoms with Gasteiger partial charge in [0.25, 0.3) is 5.91 Å². The molecule has 1 atom stereocenters. The fourth-order valence-electron chi connectivity index (χ4n) is 3.13. The number of likely N-dealkylation sites (tertiary alicyclic amines) is 1. The van der Waals surface area contributed by atoms with E-state index in [0.717, 1.165) is 12.8 Å². The lowest BCUT2D eigenvalue weighted by atomic mass is 9.89. The lowest BCUT2D eigenvalue weighted by Crippen LogP contribution is -2.40. The van der Waals surface area contributed by atoms with Gasteiger partial charge in [-0.2, -0.15) is 0 Å². The maximum atomic E-state index is 12.4. The van der Waals surface area contributed by atoms with E-state index in [1.165, 1.54) is 5.56 Å². The Morgan fingerprint density at radius 2 is 1.61 bits per heavy atom. The standard InChI is InChI=1S/C19H21NO3/c21-17-8-6-14(7-9-17)15-10-12-20(13-11-15)19(23)18(22)16-4-2-1-3-5-16/h1-9,15,18,21-22H,10-13H2/t18-/m1/s1. The number of piperidine rings is 1. The monoisotopic (exact) mass is 311 g/mol. The smallest absolute Gasteiger partial charge is 0.256 e. The Morgan fingerprint density at radius 1 is 1.00 bits per heavy atom. The summed E-state index contributed by atoms with van der Waals surface area (Å²) in [6.07, 6.45) is 0.664. The van der Waals surface area contributed by atoms with Gasteiger partial charge in [0, 0.05) is 13.1 Å². The summed E-state index contributed by atoms with van der Waals surface area (Å²) >= 11 is 0. The number of hydrogen-bond acceptors (Lipinski definition) is 3. The molecule has 1 saturated heterocycles. The lowest BCUT2D eigenvalue weighted by molar-refractivity contribution is -0.141. The molecule has 4 heteroatoms. The van der Waals surface area contributed by atoms with Crippen molar-refractivity contribution in [3.05, 3.63) is 65.7 Å². The molecule has 1 amide bonds. The second-order valence-corrected chi connectivity index (χ2v) is 6.00. The highest BCUT2D eigenvalue weighted by molar-refractivity contribution is 5.82. The average Bonchev–Trinajstić information content (AvgIpc) is 2.62. The van der Waals surface area contributed by atoms with Crippen molar-refractivity contribution >= 4 is 5.91 Å². The van der Waals surface area contributed by atoms with E-state index in [1.807, 2.05) is 30.3 Å². The minimum absolute atomic E-state index is 0.222. The molecule has 1 aliphatic heterocycles. The number of aliphatic hydroxyl groups excluding tert-OH is 1. The molecule has 0 saturated carbocycles. The van der Waals surface area contributed by atoms with Gasteiger partial charge >= 0.3 is 0 Å². The van der Waals surface area contributed by atoms with Crippen molar-refractivity contribution in [2.24, 2.45) is 0 Å². The third-order valence-corrected chi connectivity index (χ3v) is 4.52. The Kier molecular flexibility index (Phi) is 4.63. The first kappa shape index (κ1) is 15.6. The molecule has 0 aliphatic carbocycles. The van der Waals surface area contributed by atoms with Crippen LogP contribution in [-0.4, -0.2) is 34.1 Å². The predicted molar refractivity (Wildman–Crippen MR) is 88.1 cm³/mol. The van der Waals surface area contributed by atoms with Crippen LogP contribution in [0.3, 0.4) is 0 Å². The molecule has 3 rings (SSSR count). The molecular formula is C19H21NO3. The highest BCUT2D eigenvalue weighted by atomic mass is 16.3. The molecule has 2 N–H and O–H groups in total. The Labute approximate surface area is 136 Å². The Morgan fingerprint density at radius 3 is 2.22 bits per heavy atom. The largest absolute Gasteiger partial charge is 0.508 e. The number of nitrogens with zero attached hydrogens (tertiary/aromatic N) is 1. The minimum Gasteiger partial charge on any atom is -0.508 e. The molecule has 0 unspecified atom stereocenters. The first-order valence-electron chi connectivity index (χ1n) is 7.96. The van der Waals surface area contributed by atoms with Crippen LogP contribution in [0.15, 0.2) is 54.6 Å². The van der Waals surface area contributed by atoms with Crippen LogP contribution in [-0.2, 0) is 4.79 Å². The summed E-state index contributed by atoms with van der Waals surface area (Å²) in [5.41, 5.74) is 1.83. The van der Waals surface area contributed by atoms with Crippen LogP contribution in [0.25, 0.3) is 0 Å². The van der Waals surface area contributed by atoms with Crippen LogP contribution in [0, 0.1) is 0 Å². The summed E-state index contributed by atoms with van der Waals surface area (Å²) in [6, 6.07) is 16.3. The topological polar surface area (TPSA) is 60.8 Å². The molecule has 4 nitrogen and oxygen atoms in total. The van der Waals surface area contributed by atoms with Gasteiger partial charge in [-0.3, -0.25) is 4.79 Å². The van der Waals surface area contributed by atoms with Gasteiger partial charge in [0.2, 0.25) is 0 Å². The van der Waals surface area contributed by atoms with Crippen molar-refractivity contribution in [1.82, 2.24) is 4.90 Å². The van der Waals surface area contributed by atoms with Crippen LogP contribution < -0.4 is 0 Å². The zero-order valence-corrected chi connectivity index (χ0v) is 12.9. The number of aliphatic hydroxyl groups is 1. The van der Waals surface area contributed by atoms with Crippen LogP contribution in [0.5, 0.6) is 5.75 Å². The van der Waals surface area contributed by atoms with Crippen molar-refractivity contribution in [3.8, 4) is 5.75 Å². The van der Waals surface area contributed by atoms with E-state index in [4.69, 9.17) is 0 Å². The van der Waals surface area contributed by atoms with Gasteiger partial charge in [0.15, 0.2) is 6.10 Å². The molecule has 1 aliphatic rings. The quantitative estimate of drug-likeness (QED) is 0.916. The van der Waals surface area contributed by atoms with E-state index in [0.29, 0.717) is 24.6 Å². The van der Waals surface area contributed by atoms with E-state index in [2.05, 4.69) is 0 Å². The van der Waals surface area contributed by atoms with Gasteiger partial charge in [-0.1, -0.05) is 42.5 Å². The van der Waals surface area contributed by atoms with Crippen LogP contribution in [0.2, 0.25) is 0 Å². The molecular weight excluding hydrogens is 290 g/mol. The van der Waals surface area contributed by atoms with Crippen LogP contribution in [0.1, 0.15) is 36.0 Å². The summed E-state index contributed by atoms with van der Waals surface area (Å²) in [5, 5.41) is 19.6. The number of carbonyl (C=O) groups excluding carboxylic acids is 1. The third kappa shape index (κ3) is 3.54. The maximum absolute atomic E-state index is 12.4. The van der Waals surface area contributed by atoms with Crippen LogP contribution >= 0.6 is 0 Å². The molecule has 0 aromatic heterocycles. The number of aromatic hydroxyl groups is 1. The second-order valence-electron chi connectivity index (χ2n) is 6.00. The summed E-state index contributed by atoms with van der Waals surface area (Å²) in [5.74, 6) is 0.446. The number of phenols is 1. The van der Waals surface area contributed by atoms with Crippen molar-refractivity contribution in [2.75, 3.05) is 13.1 Å². The van der Waals surface area contributed by atoms with Crippen molar-refractivity contribution in [3.63, 3.8) is 0 Å². The van der Waals surface area contributed by atoms with E-state index in [1.54, 1.807) is 29.2 Å². The summed E-state index contributed by atoms with van der Waals surface area (Å²) in [7, 11) is 0. The molecule has 2 aromatic carbocycles. The SMILES string of the molecule is O=C([C@H](O)c1ccccc1)N1CCC(c2ccc(O)cc2)CC1. The average molecular weight is 311 g/mol. The van der Waals surface area contributed by atoms with Crippen molar-refractivity contribution < 1.29 is 15.0 Å². The number of rotatable bonds is 3. The Balaban J connectivity index is 1.60. The first-order chi connectivity index (χ1) is 11.1.